The predicted molar refractivity (Wildman–Crippen MR) is 73.9 cm³/mol. The number of nitrogens with zero attached hydrogens (tertiary/aromatic N) is 1. The van der Waals surface area contributed by atoms with Gasteiger partial charge in [-0.15, -0.1) is 11.3 Å². The van der Waals surface area contributed by atoms with Crippen LogP contribution in [0.4, 0.5) is 0 Å². The van der Waals surface area contributed by atoms with Gasteiger partial charge in [-0.3, -0.25) is 9.89 Å². The number of rotatable bonds is 6. The van der Waals surface area contributed by atoms with E-state index in [-0.39, 0.29) is 5.97 Å². The number of nitrogens with one attached hydrogen (secondary N) is 2. The minimum Gasteiger partial charge on any atom is -0.469 e. The van der Waals surface area contributed by atoms with Crippen LogP contribution in [-0.2, 0) is 29.0 Å². The normalized spacial score (nSPS) is 10.6. The molecular formula is C13H17N3O2S. The maximum absolute atomic E-state index is 11.2. The first-order valence-corrected chi connectivity index (χ1v) is 6.84. The number of carbonyl (C=O) groups is 1. The third-order valence-corrected chi connectivity index (χ3v) is 3.90. The molecule has 0 saturated carbocycles. The Bertz CT molecular complexity index is 548. The highest BCUT2D eigenvalue weighted by atomic mass is 32.1. The molecule has 0 unspecified atom stereocenters. The highest BCUT2D eigenvalue weighted by Crippen LogP contribution is 2.17. The molecule has 0 radical (unpaired) electrons. The van der Waals surface area contributed by atoms with Gasteiger partial charge in [0.05, 0.1) is 19.7 Å². The summed E-state index contributed by atoms with van der Waals surface area (Å²) in [6.45, 7) is 3.58. The zero-order valence-corrected chi connectivity index (χ0v) is 11.8. The first-order chi connectivity index (χ1) is 9.19. The SMILES string of the molecule is COC(=O)Cc1ccc(CNCc2cn[nH]c2C)s1. The molecule has 2 aromatic heterocycles. The van der Waals surface area contributed by atoms with Gasteiger partial charge < -0.3 is 10.1 Å². The van der Waals surface area contributed by atoms with E-state index >= 15 is 0 Å². The summed E-state index contributed by atoms with van der Waals surface area (Å²) in [5.41, 5.74) is 2.26. The molecular weight excluding hydrogens is 262 g/mol. The molecule has 0 spiro atoms. The molecule has 2 aromatic rings. The van der Waals surface area contributed by atoms with Crippen molar-refractivity contribution in [2.45, 2.75) is 26.4 Å². The van der Waals surface area contributed by atoms with Crippen molar-refractivity contribution in [2.24, 2.45) is 0 Å². The fourth-order valence-corrected chi connectivity index (χ4v) is 2.67. The number of esters is 1. The second-order valence-corrected chi connectivity index (χ2v) is 5.50. The van der Waals surface area contributed by atoms with E-state index < -0.39 is 0 Å². The summed E-state index contributed by atoms with van der Waals surface area (Å²) in [6, 6.07) is 4.01. The molecule has 102 valence electrons. The van der Waals surface area contributed by atoms with Crippen LogP contribution in [0, 0.1) is 6.92 Å². The summed E-state index contributed by atoms with van der Waals surface area (Å²) in [5, 5.41) is 10.3. The van der Waals surface area contributed by atoms with Crippen LogP contribution < -0.4 is 5.32 Å². The molecule has 0 fully saturated rings. The number of hydrogen-bond donors (Lipinski definition) is 2. The zero-order valence-electron chi connectivity index (χ0n) is 11.0. The Morgan fingerprint density at radius 3 is 2.89 bits per heavy atom. The summed E-state index contributed by atoms with van der Waals surface area (Å²) in [4.78, 5) is 13.4. The average Bonchev–Trinajstić information content (AvgIpc) is 3.00. The molecule has 0 amide bonds. The average molecular weight is 279 g/mol. The number of aromatic amines is 1. The molecule has 0 aliphatic heterocycles. The molecule has 5 nitrogen and oxygen atoms in total. The van der Waals surface area contributed by atoms with Crippen LogP contribution >= 0.6 is 11.3 Å². The number of aromatic nitrogens is 2. The molecule has 2 rings (SSSR count). The standard InChI is InChI=1S/C13H17N3O2S/c1-9-10(7-15-16-9)6-14-8-12-4-3-11(19-12)5-13(17)18-2/h3-4,7,14H,5-6,8H2,1-2H3,(H,15,16). The zero-order chi connectivity index (χ0) is 13.7. The number of methoxy groups -OCH3 is 1. The second kappa shape index (κ2) is 6.49. The Labute approximate surface area is 116 Å². The van der Waals surface area contributed by atoms with Gasteiger partial charge in [-0.2, -0.15) is 5.10 Å². The van der Waals surface area contributed by atoms with Gasteiger partial charge in [-0.1, -0.05) is 0 Å². The van der Waals surface area contributed by atoms with Crippen LogP contribution in [-0.4, -0.2) is 23.3 Å². The van der Waals surface area contributed by atoms with Crippen LogP contribution in [0.3, 0.4) is 0 Å². The lowest BCUT2D eigenvalue weighted by atomic mass is 10.2. The van der Waals surface area contributed by atoms with E-state index in [0.29, 0.717) is 6.42 Å². The fraction of sp³-hybridized carbons (Fsp3) is 0.385. The summed E-state index contributed by atoms with van der Waals surface area (Å²) in [7, 11) is 1.41. The van der Waals surface area contributed by atoms with Gasteiger partial charge in [0, 0.05) is 34.1 Å². The number of carbonyl (C=O) groups excluding carboxylic acids is 1. The van der Waals surface area contributed by atoms with Crippen LogP contribution in [0.2, 0.25) is 0 Å². The summed E-state index contributed by atoms with van der Waals surface area (Å²) in [5.74, 6) is -0.199. The molecule has 0 saturated heterocycles. The van der Waals surface area contributed by atoms with Crippen molar-refractivity contribution in [2.75, 3.05) is 7.11 Å². The second-order valence-electron chi connectivity index (χ2n) is 4.24. The number of hydrogen-bond acceptors (Lipinski definition) is 5. The Balaban J connectivity index is 1.80. The molecule has 0 aliphatic carbocycles. The van der Waals surface area contributed by atoms with Crippen LogP contribution in [0.5, 0.6) is 0 Å². The Hall–Kier alpha value is -1.66. The Morgan fingerprint density at radius 1 is 1.42 bits per heavy atom. The lowest BCUT2D eigenvalue weighted by Crippen LogP contribution is -2.11. The topological polar surface area (TPSA) is 67.0 Å². The highest BCUT2D eigenvalue weighted by molar-refractivity contribution is 7.12. The van der Waals surface area contributed by atoms with Gasteiger partial charge in [0.2, 0.25) is 0 Å². The van der Waals surface area contributed by atoms with Crippen molar-refractivity contribution >= 4 is 17.3 Å². The van der Waals surface area contributed by atoms with E-state index in [1.54, 1.807) is 11.3 Å². The van der Waals surface area contributed by atoms with E-state index in [4.69, 9.17) is 0 Å². The highest BCUT2D eigenvalue weighted by Gasteiger charge is 2.06. The monoisotopic (exact) mass is 279 g/mol. The molecule has 0 aliphatic rings. The number of ether oxygens (including phenoxy) is 1. The maximum Gasteiger partial charge on any atom is 0.310 e. The van der Waals surface area contributed by atoms with Gasteiger partial charge in [0.15, 0.2) is 0 Å². The smallest absolute Gasteiger partial charge is 0.310 e. The summed E-state index contributed by atoms with van der Waals surface area (Å²) >= 11 is 1.63. The molecule has 0 bridgehead atoms. The Morgan fingerprint density at radius 2 is 2.21 bits per heavy atom. The van der Waals surface area contributed by atoms with E-state index in [9.17, 15) is 4.79 Å². The third-order valence-electron chi connectivity index (χ3n) is 2.81. The van der Waals surface area contributed by atoms with Crippen molar-refractivity contribution in [3.8, 4) is 0 Å². The first-order valence-electron chi connectivity index (χ1n) is 6.03. The van der Waals surface area contributed by atoms with Crippen molar-refractivity contribution in [1.29, 1.82) is 0 Å². The van der Waals surface area contributed by atoms with Gasteiger partial charge in [-0.05, 0) is 19.1 Å². The van der Waals surface area contributed by atoms with Gasteiger partial charge in [-0.25, -0.2) is 0 Å². The fourth-order valence-electron chi connectivity index (χ4n) is 1.70. The van der Waals surface area contributed by atoms with Crippen LogP contribution in [0.1, 0.15) is 21.0 Å². The molecule has 19 heavy (non-hydrogen) atoms. The van der Waals surface area contributed by atoms with Gasteiger partial charge >= 0.3 is 5.97 Å². The van der Waals surface area contributed by atoms with Crippen molar-refractivity contribution in [1.82, 2.24) is 15.5 Å². The van der Waals surface area contributed by atoms with Crippen LogP contribution in [0.25, 0.3) is 0 Å². The van der Waals surface area contributed by atoms with E-state index in [2.05, 4.69) is 20.3 Å². The minimum atomic E-state index is -0.199. The number of thiophene rings is 1. The maximum atomic E-state index is 11.2. The van der Waals surface area contributed by atoms with Gasteiger partial charge in [0.25, 0.3) is 0 Å². The van der Waals surface area contributed by atoms with Crippen molar-refractivity contribution < 1.29 is 9.53 Å². The summed E-state index contributed by atoms with van der Waals surface area (Å²) < 4.78 is 4.65. The third kappa shape index (κ3) is 3.90. The number of aryl methyl sites for hydroxylation is 1. The van der Waals surface area contributed by atoms with Gasteiger partial charge in [0.1, 0.15) is 0 Å². The van der Waals surface area contributed by atoms with E-state index in [1.165, 1.54) is 17.6 Å². The largest absolute Gasteiger partial charge is 0.469 e. The van der Waals surface area contributed by atoms with Crippen molar-refractivity contribution in [3.05, 3.63) is 39.3 Å². The molecule has 2 N–H and O–H groups in total. The lowest BCUT2D eigenvalue weighted by molar-refractivity contribution is -0.139. The first kappa shape index (κ1) is 13.8. The molecule has 0 aromatic carbocycles. The predicted octanol–water partition coefficient (Wildman–Crippen LogP) is 1.78. The lowest BCUT2D eigenvalue weighted by Gasteiger charge is -2.01. The van der Waals surface area contributed by atoms with Crippen LogP contribution in [0.15, 0.2) is 18.3 Å². The minimum absolute atomic E-state index is 0.199. The molecule has 2 heterocycles. The molecule has 0 atom stereocenters. The quantitative estimate of drug-likeness (QED) is 0.791. The summed E-state index contributed by atoms with van der Waals surface area (Å²) in [6.07, 6.45) is 2.18. The molecule has 6 heteroatoms. The van der Waals surface area contributed by atoms with Crippen molar-refractivity contribution in [3.63, 3.8) is 0 Å². The van der Waals surface area contributed by atoms with E-state index in [0.717, 1.165) is 23.7 Å². The number of H-pyrrole nitrogens is 1. The van der Waals surface area contributed by atoms with E-state index in [1.807, 2.05) is 25.3 Å². The Kier molecular flexibility index (Phi) is 4.70.